The normalized spacial score (nSPS) is 32.1. The predicted molar refractivity (Wildman–Crippen MR) is 68.0 cm³/mol. The van der Waals surface area contributed by atoms with Gasteiger partial charge in [0, 0.05) is 6.92 Å². The van der Waals surface area contributed by atoms with E-state index in [4.69, 9.17) is 14.6 Å². The highest BCUT2D eigenvalue weighted by Crippen LogP contribution is 2.23. The average Bonchev–Trinajstić information content (AvgIpc) is 2.43. The summed E-state index contributed by atoms with van der Waals surface area (Å²) in [6, 6.07) is -1.20. The van der Waals surface area contributed by atoms with Gasteiger partial charge in [0.25, 0.3) is 0 Å². The molecule has 1 aliphatic heterocycles. The first-order chi connectivity index (χ1) is 9.90. The third-order valence-corrected chi connectivity index (χ3v) is 2.79. The zero-order chi connectivity index (χ0) is 16.0. The van der Waals surface area contributed by atoms with Crippen LogP contribution in [0.15, 0.2) is 12.7 Å². The van der Waals surface area contributed by atoms with Crippen LogP contribution in [-0.2, 0) is 19.0 Å². The van der Waals surface area contributed by atoms with Gasteiger partial charge in [0.2, 0.25) is 5.91 Å². The molecule has 1 amide bonds. The van der Waals surface area contributed by atoms with E-state index in [2.05, 4.69) is 16.6 Å². The fourth-order valence-electron chi connectivity index (χ4n) is 1.88. The van der Waals surface area contributed by atoms with Gasteiger partial charge >= 0.3 is 6.16 Å². The van der Waals surface area contributed by atoms with Crippen LogP contribution in [0.1, 0.15) is 6.92 Å². The summed E-state index contributed by atoms with van der Waals surface area (Å²) in [5, 5.41) is 31.2. The molecule has 1 rings (SSSR count). The van der Waals surface area contributed by atoms with Crippen molar-refractivity contribution in [2.24, 2.45) is 0 Å². The summed E-state index contributed by atoms with van der Waals surface area (Å²) in [6.07, 6.45) is -5.31. The molecular formula is C12H19NO8. The average molecular weight is 305 g/mol. The van der Waals surface area contributed by atoms with Gasteiger partial charge < -0.3 is 34.8 Å². The Labute approximate surface area is 121 Å². The van der Waals surface area contributed by atoms with Crippen LogP contribution in [0.3, 0.4) is 0 Å². The molecule has 4 N–H and O–H groups in total. The maximum atomic E-state index is 11.4. The molecule has 5 atom stereocenters. The van der Waals surface area contributed by atoms with Crippen molar-refractivity contribution < 1.29 is 39.1 Å². The van der Waals surface area contributed by atoms with E-state index in [1.807, 2.05) is 0 Å². The molecule has 9 heteroatoms. The van der Waals surface area contributed by atoms with E-state index in [1.54, 1.807) is 0 Å². The number of aliphatic hydroxyl groups excluding tert-OH is 3. The second-order valence-electron chi connectivity index (χ2n) is 4.40. The van der Waals surface area contributed by atoms with Crippen molar-refractivity contribution in [3.8, 4) is 0 Å². The second-order valence-corrected chi connectivity index (χ2v) is 4.40. The minimum Gasteiger partial charge on any atom is -0.430 e. The molecule has 0 aliphatic carbocycles. The Morgan fingerprint density at radius 1 is 1.43 bits per heavy atom. The molecule has 1 saturated heterocycles. The maximum Gasteiger partial charge on any atom is 0.509 e. The first-order valence-electron chi connectivity index (χ1n) is 6.24. The molecule has 0 unspecified atom stereocenters. The lowest BCUT2D eigenvalue weighted by atomic mass is 9.97. The van der Waals surface area contributed by atoms with E-state index in [0.717, 1.165) is 0 Å². The summed E-state index contributed by atoms with van der Waals surface area (Å²) in [6.45, 7) is 3.83. The smallest absolute Gasteiger partial charge is 0.430 e. The van der Waals surface area contributed by atoms with Crippen molar-refractivity contribution in [3.63, 3.8) is 0 Å². The highest BCUT2D eigenvalue weighted by atomic mass is 16.7. The molecule has 1 heterocycles. The molecule has 21 heavy (non-hydrogen) atoms. The summed E-state index contributed by atoms with van der Waals surface area (Å²) >= 11 is 0. The topological polar surface area (TPSA) is 135 Å². The Morgan fingerprint density at radius 3 is 2.62 bits per heavy atom. The largest absolute Gasteiger partial charge is 0.509 e. The fraction of sp³-hybridized carbons (Fsp3) is 0.667. The Hall–Kier alpha value is -1.68. The quantitative estimate of drug-likeness (QED) is 0.348. The number of ether oxygens (including phenoxy) is 3. The Bertz CT molecular complexity index is 387. The zero-order valence-electron chi connectivity index (χ0n) is 11.5. The molecule has 0 spiro atoms. The third-order valence-electron chi connectivity index (χ3n) is 2.79. The van der Waals surface area contributed by atoms with Crippen LogP contribution >= 0.6 is 0 Å². The Morgan fingerprint density at radius 2 is 2.10 bits per heavy atom. The van der Waals surface area contributed by atoms with Crippen molar-refractivity contribution in [2.75, 3.05) is 13.2 Å². The summed E-state index contributed by atoms with van der Waals surface area (Å²) in [4.78, 5) is 22.6. The van der Waals surface area contributed by atoms with Crippen molar-refractivity contribution in [1.82, 2.24) is 5.32 Å². The number of hydrogen-bond acceptors (Lipinski definition) is 8. The summed E-state index contributed by atoms with van der Waals surface area (Å²) in [5.41, 5.74) is 0. The molecule has 0 radical (unpaired) electrons. The highest BCUT2D eigenvalue weighted by Gasteiger charge is 2.47. The van der Waals surface area contributed by atoms with Crippen LogP contribution < -0.4 is 5.32 Å². The molecule has 1 fully saturated rings. The minimum atomic E-state index is -1.56. The summed E-state index contributed by atoms with van der Waals surface area (Å²) < 4.78 is 14.5. The van der Waals surface area contributed by atoms with Gasteiger partial charge in [-0.3, -0.25) is 4.79 Å². The molecule has 1 aliphatic rings. The van der Waals surface area contributed by atoms with Crippen LogP contribution in [0.2, 0.25) is 0 Å². The Balaban J connectivity index is 2.84. The van der Waals surface area contributed by atoms with E-state index in [1.165, 1.54) is 13.0 Å². The first-order valence-corrected chi connectivity index (χ1v) is 6.24. The molecule has 0 aromatic carbocycles. The van der Waals surface area contributed by atoms with Gasteiger partial charge in [-0.15, -0.1) is 0 Å². The van der Waals surface area contributed by atoms with E-state index in [9.17, 15) is 19.8 Å². The molecule has 0 aromatic rings. The lowest BCUT2D eigenvalue weighted by Crippen LogP contribution is -2.65. The van der Waals surface area contributed by atoms with E-state index < -0.39 is 49.3 Å². The SMILES string of the molecule is C=CCOC(=O)O[C@H]1[C@H](O)[C@@H](CO)O[C@@H](O)[C@@H]1NC(C)=O. The number of amides is 1. The third kappa shape index (κ3) is 4.67. The number of hydrogen-bond donors (Lipinski definition) is 4. The number of carbonyl (C=O) groups is 2. The summed E-state index contributed by atoms with van der Waals surface area (Å²) in [7, 11) is 0. The van der Waals surface area contributed by atoms with Gasteiger partial charge in [0.05, 0.1) is 6.61 Å². The minimum absolute atomic E-state index is 0.102. The molecule has 0 saturated carbocycles. The molecule has 0 aromatic heterocycles. The van der Waals surface area contributed by atoms with Gasteiger partial charge in [-0.1, -0.05) is 12.7 Å². The van der Waals surface area contributed by atoms with Crippen LogP contribution in [-0.4, -0.2) is 71.2 Å². The molecular weight excluding hydrogens is 286 g/mol. The Kier molecular flexibility index (Phi) is 6.56. The second kappa shape index (κ2) is 7.93. The molecule has 120 valence electrons. The number of aliphatic hydroxyl groups is 3. The van der Waals surface area contributed by atoms with Gasteiger partial charge in [0.1, 0.15) is 24.9 Å². The van der Waals surface area contributed by atoms with Gasteiger partial charge in [-0.2, -0.15) is 0 Å². The van der Waals surface area contributed by atoms with Gasteiger partial charge in [-0.25, -0.2) is 4.79 Å². The highest BCUT2D eigenvalue weighted by molar-refractivity contribution is 5.73. The van der Waals surface area contributed by atoms with Crippen LogP contribution in [0, 0.1) is 0 Å². The van der Waals surface area contributed by atoms with Crippen LogP contribution in [0.25, 0.3) is 0 Å². The van der Waals surface area contributed by atoms with Gasteiger partial charge in [0.15, 0.2) is 12.4 Å². The van der Waals surface area contributed by atoms with Crippen molar-refractivity contribution >= 4 is 12.1 Å². The molecule has 9 nitrogen and oxygen atoms in total. The van der Waals surface area contributed by atoms with E-state index >= 15 is 0 Å². The zero-order valence-corrected chi connectivity index (χ0v) is 11.5. The monoisotopic (exact) mass is 305 g/mol. The number of nitrogens with one attached hydrogen (secondary N) is 1. The molecule has 0 bridgehead atoms. The van der Waals surface area contributed by atoms with Gasteiger partial charge in [-0.05, 0) is 0 Å². The summed E-state index contributed by atoms with van der Waals surface area (Å²) in [5.74, 6) is -0.523. The standard InChI is InChI=1S/C12H19NO8/c1-3-4-19-12(18)21-10-8(13-6(2)15)11(17)20-7(5-14)9(10)16/h3,7-11,14,16-17H,1,4-5H2,2H3,(H,13,15)/t7-,8-,9-,10-,11-/m1/s1. The fourth-order valence-corrected chi connectivity index (χ4v) is 1.88. The number of carbonyl (C=O) groups excluding carboxylic acids is 2. The lowest BCUT2D eigenvalue weighted by Gasteiger charge is -2.41. The van der Waals surface area contributed by atoms with Crippen LogP contribution in [0.4, 0.5) is 4.79 Å². The van der Waals surface area contributed by atoms with Crippen molar-refractivity contribution in [3.05, 3.63) is 12.7 Å². The van der Waals surface area contributed by atoms with E-state index in [-0.39, 0.29) is 6.61 Å². The first kappa shape index (κ1) is 17.4. The van der Waals surface area contributed by atoms with Crippen molar-refractivity contribution in [1.29, 1.82) is 0 Å². The number of rotatable bonds is 5. The lowest BCUT2D eigenvalue weighted by molar-refractivity contribution is -0.255. The van der Waals surface area contributed by atoms with Crippen LogP contribution in [0.5, 0.6) is 0 Å². The predicted octanol–water partition coefficient (Wildman–Crippen LogP) is -1.73. The van der Waals surface area contributed by atoms with Crippen molar-refractivity contribution in [2.45, 2.75) is 37.6 Å². The van der Waals surface area contributed by atoms with E-state index in [0.29, 0.717) is 0 Å². The maximum absolute atomic E-state index is 11.4.